The lowest BCUT2D eigenvalue weighted by Gasteiger charge is -2.30. The molecule has 1 aliphatic rings. The maximum absolute atomic E-state index is 13.9. The van der Waals surface area contributed by atoms with Crippen LogP contribution in [0.5, 0.6) is 5.75 Å². The molecule has 1 atom stereocenters. The minimum atomic E-state index is -3.18. The van der Waals surface area contributed by atoms with E-state index in [1.807, 2.05) is 16.9 Å². The van der Waals surface area contributed by atoms with Gasteiger partial charge in [0, 0.05) is 35.4 Å². The first kappa shape index (κ1) is 24.8. The highest BCUT2D eigenvalue weighted by Crippen LogP contribution is 2.37. The molecule has 34 heavy (non-hydrogen) atoms. The van der Waals surface area contributed by atoms with Gasteiger partial charge in [0.05, 0.1) is 29.2 Å². The number of halogens is 3. The van der Waals surface area contributed by atoms with Crippen molar-refractivity contribution in [2.75, 3.05) is 25.1 Å². The zero-order chi connectivity index (χ0) is 24.6. The average Bonchev–Trinajstić information content (AvgIpc) is 3.28. The first-order chi connectivity index (χ1) is 16.0. The monoisotopic (exact) mass is 526 g/mol. The van der Waals surface area contributed by atoms with Gasteiger partial charge in [0.15, 0.2) is 0 Å². The smallest absolute Gasteiger partial charge is 0.211 e. The third kappa shape index (κ3) is 5.17. The van der Waals surface area contributed by atoms with Crippen molar-refractivity contribution in [3.63, 3.8) is 0 Å². The Morgan fingerprint density at radius 2 is 1.88 bits per heavy atom. The number of hydrogen-bond donors (Lipinski definition) is 1. The van der Waals surface area contributed by atoms with Gasteiger partial charge in [0.25, 0.3) is 0 Å². The first-order valence-corrected chi connectivity index (χ1v) is 13.3. The highest BCUT2D eigenvalue weighted by atomic mass is 35.5. The summed E-state index contributed by atoms with van der Waals surface area (Å²) in [5.41, 5.74) is 8.60. The number of nitrogens with two attached hydrogens (primary N) is 1. The fraction of sp³-hybridized carbons (Fsp3) is 0.348. The molecule has 4 rings (SSSR count). The van der Waals surface area contributed by atoms with Gasteiger partial charge < -0.3 is 10.5 Å². The van der Waals surface area contributed by atoms with Crippen LogP contribution in [0.25, 0.3) is 11.1 Å². The van der Waals surface area contributed by atoms with Gasteiger partial charge in [-0.1, -0.05) is 29.3 Å². The Balaban J connectivity index is 1.52. The topological polar surface area (TPSA) is 90.5 Å². The van der Waals surface area contributed by atoms with Crippen LogP contribution in [0, 0.1) is 5.82 Å². The molecule has 0 saturated carbocycles. The van der Waals surface area contributed by atoms with Crippen molar-refractivity contribution in [3.05, 3.63) is 64.2 Å². The molecule has 182 valence electrons. The van der Waals surface area contributed by atoms with Crippen LogP contribution in [0.3, 0.4) is 0 Å². The van der Waals surface area contributed by atoms with Crippen LogP contribution in [0.4, 0.5) is 10.1 Å². The standard InChI is InChI=1S/C23H25Cl2FN4O3S/c1-14(22-18(24)4-5-19(26)23(22)25)33-21-11-15(3-6-20(21)27)16-12-28-30(13-16)17-7-9-29(10-8-17)34(2,31)32/h3-6,11-14,17H,7-10,27H2,1-2H3. The normalized spacial score (nSPS) is 16.5. The minimum Gasteiger partial charge on any atom is -0.484 e. The van der Waals surface area contributed by atoms with Gasteiger partial charge in [-0.3, -0.25) is 4.68 Å². The van der Waals surface area contributed by atoms with Gasteiger partial charge in [0.1, 0.15) is 17.7 Å². The van der Waals surface area contributed by atoms with Gasteiger partial charge in [-0.2, -0.15) is 5.10 Å². The number of sulfonamides is 1. The first-order valence-electron chi connectivity index (χ1n) is 10.7. The van der Waals surface area contributed by atoms with E-state index in [4.69, 9.17) is 33.7 Å². The number of nitrogens with zero attached hydrogens (tertiary/aromatic N) is 3. The van der Waals surface area contributed by atoms with E-state index < -0.39 is 21.9 Å². The van der Waals surface area contributed by atoms with E-state index in [1.54, 1.807) is 25.3 Å². The Morgan fingerprint density at radius 1 is 1.18 bits per heavy atom. The van der Waals surface area contributed by atoms with Crippen molar-refractivity contribution in [2.45, 2.75) is 31.9 Å². The van der Waals surface area contributed by atoms with E-state index in [2.05, 4.69) is 5.10 Å². The number of benzene rings is 2. The van der Waals surface area contributed by atoms with E-state index in [0.29, 0.717) is 48.0 Å². The molecule has 3 aromatic rings. The summed E-state index contributed by atoms with van der Waals surface area (Å²) in [6.45, 7) is 2.67. The van der Waals surface area contributed by atoms with Gasteiger partial charge in [-0.25, -0.2) is 17.1 Å². The molecule has 11 heteroatoms. The fourth-order valence-corrected chi connectivity index (χ4v) is 5.66. The Morgan fingerprint density at radius 3 is 2.56 bits per heavy atom. The second-order valence-electron chi connectivity index (χ2n) is 8.37. The Kier molecular flexibility index (Phi) is 7.09. The van der Waals surface area contributed by atoms with Crippen LogP contribution in [0.15, 0.2) is 42.7 Å². The van der Waals surface area contributed by atoms with Gasteiger partial charge in [0.2, 0.25) is 10.0 Å². The summed E-state index contributed by atoms with van der Waals surface area (Å²) >= 11 is 12.3. The van der Waals surface area contributed by atoms with E-state index in [1.165, 1.54) is 22.7 Å². The maximum atomic E-state index is 13.9. The van der Waals surface area contributed by atoms with Crippen LogP contribution < -0.4 is 10.5 Å². The van der Waals surface area contributed by atoms with Crippen LogP contribution in [0.1, 0.15) is 37.5 Å². The second kappa shape index (κ2) is 9.73. The van der Waals surface area contributed by atoms with Crippen molar-refractivity contribution in [2.24, 2.45) is 0 Å². The van der Waals surface area contributed by atoms with E-state index in [-0.39, 0.29) is 11.1 Å². The third-order valence-corrected chi connectivity index (χ3v) is 8.02. The van der Waals surface area contributed by atoms with Gasteiger partial charge in [-0.15, -0.1) is 0 Å². The van der Waals surface area contributed by atoms with Crippen LogP contribution >= 0.6 is 23.2 Å². The van der Waals surface area contributed by atoms with E-state index in [0.717, 1.165) is 11.1 Å². The molecule has 1 aliphatic heterocycles. The summed E-state index contributed by atoms with van der Waals surface area (Å²) < 4.78 is 46.8. The number of hydrogen-bond acceptors (Lipinski definition) is 5. The zero-order valence-electron chi connectivity index (χ0n) is 18.7. The van der Waals surface area contributed by atoms with Gasteiger partial charge in [-0.05, 0) is 49.6 Å². The quantitative estimate of drug-likeness (QED) is 0.347. The molecule has 1 aromatic heterocycles. The number of ether oxygens (including phenoxy) is 1. The number of anilines is 1. The van der Waals surface area contributed by atoms with Crippen molar-refractivity contribution >= 4 is 38.9 Å². The molecule has 0 bridgehead atoms. The lowest BCUT2D eigenvalue weighted by molar-refractivity contribution is 0.228. The summed E-state index contributed by atoms with van der Waals surface area (Å²) in [6, 6.07) is 8.15. The number of nitrogen functional groups attached to an aromatic ring is 1. The third-order valence-electron chi connectivity index (χ3n) is 6.00. The summed E-state index contributed by atoms with van der Waals surface area (Å²) in [5, 5.41) is 4.71. The maximum Gasteiger partial charge on any atom is 0.211 e. The van der Waals surface area contributed by atoms with Crippen LogP contribution in [-0.2, 0) is 10.0 Å². The van der Waals surface area contributed by atoms with E-state index >= 15 is 0 Å². The van der Waals surface area contributed by atoms with Crippen LogP contribution in [-0.4, -0.2) is 41.8 Å². The molecule has 0 spiro atoms. The predicted molar refractivity (Wildman–Crippen MR) is 132 cm³/mol. The second-order valence-corrected chi connectivity index (χ2v) is 11.1. The lowest BCUT2D eigenvalue weighted by atomic mass is 10.1. The summed E-state index contributed by atoms with van der Waals surface area (Å²) in [7, 11) is -3.18. The molecule has 1 unspecified atom stereocenters. The minimum absolute atomic E-state index is 0.0853. The molecule has 2 N–H and O–H groups in total. The Bertz CT molecular complexity index is 1310. The Hall–Kier alpha value is -2.33. The Labute approximate surface area is 208 Å². The van der Waals surface area contributed by atoms with Crippen molar-refractivity contribution in [1.29, 1.82) is 0 Å². The molecule has 0 amide bonds. The highest BCUT2D eigenvalue weighted by Gasteiger charge is 2.26. The zero-order valence-corrected chi connectivity index (χ0v) is 21.0. The fourth-order valence-electron chi connectivity index (χ4n) is 4.11. The van der Waals surface area contributed by atoms with Crippen molar-refractivity contribution in [3.8, 4) is 16.9 Å². The predicted octanol–water partition coefficient (Wildman–Crippen LogP) is 5.31. The molecule has 0 aliphatic carbocycles. The number of piperidine rings is 1. The average molecular weight is 527 g/mol. The number of aromatic nitrogens is 2. The molecule has 1 fully saturated rings. The number of rotatable bonds is 6. The summed E-state index contributed by atoms with van der Waals surface area (Å²) in [6.07, 6.45) is 5.66. The molecule has 2 heterocycles. The molecular formula is C23H25Cl2FN4O3S. The van der Waals surface area contributed by atoms with Crippen molar-refractivity contribution in [1.82, 2.24) is 14.1 Å². The molecule has 1 saturated heterocycles. The summed E-state index contributed by atoms with van der Waals surface area (Å²) in [4.78, 5) is 0. The molecular weight excluding hydrogens is 502 g/mol. The molecule has 0 radical (unpaired) electrons. The SMILES string of the molecule is CC(Oc1cc(-c2cnn(C3CCN(S(C)(=O)=O)CC3)c2)ccc1N)c1c(Cl)ccc(F)c1Cl. The lowest BCUT2D eigenvalue weighted by Crippen LogP contribution is -2.38. The summed E-state index contributed by atoms with van der Waals surface area (Å²) in [5.74, 6) is -0.163. The van der Waals surface area contributed by atoms with E-state index in [9.17, 15) is 12.8 Å². The highest BCUT2D eigenvalue weighted by molar-refractivity contribution is 7.88. The van der Waals surface area contributed by atoms with Gasteiger partial charge >= 0.3 is 0 Å². The molecule has 2 aromatic carbocycles. The molecule has 7 nitrogen and oxygen atoms in total. The van der Waals surface area contributed by atoms with Crippen molar-refractivity contribution < 1.29 is 17.5 Å². The largest absolute Gasteiger partial charge is 0.484 e. The van der Waals surface area contributed by atoms with Crippen LogP contribution in [0.2, 0.25) is 10.0 Å².